The molecule has 5 heteroatoms. The molecule has 1 aromatic rings. The molecule has 2 rings (SSSR count). The summed E-state index contributed by atoms with van der Waals surface area (Å²) in [5, 5.41) is 22.0. The number of carbonyl (C=O) groups is 1. The molecule has 29 heavy (non-hydrogen) atoms. The standard InChI is InChI=1S/C24H38N2O3/c1-6-7-8-11-19-16-20(27)21(18-12-9-10-17(2)15-18)23(28)22(19)24(29)26(5)14-13-25(3)4/h15-16,18,27-28H,6-14H2,1-5H3. The number of aryl methyl sites for hydroxylation is 1. The van der Waals surface area contributed by atoms with Gasteiger partial charge in [-0.05, 0) is 64.8 Å². The molecule has 1 aromatic carbocycles. The molecule has 5 nitrogen and oxygen atoms in total. The summed E-state index contributed by atoms with van der Waals surface area (Å²) in [7, 11) is 5.73. The van der Waals surface area contributed by atoms with Gasteiger partial charge in [0.15, 0.2) is 0 Å². The quantitative estimate of drug-likeness (QED) is 0.465. The number of rotatable bonds is 9. The van der Waals surface area contributed by atoms with Gasteiger partial charge in [0.05, 0.1) is 5.56 Å². The van der Waals surface area contributed by atoms with E-state index in [9.17, 15) is 15.0 Å². The SMILES string of the molecule is CCCCCc1cc(O)c(C2C=C(C)CCC2)c(O)c1C(=O)N(C)CCN(C)C. The number of allylic oxidation sites excluding steroid dienone is 2. The highest BCUT2D eigenvalue weighted by Gasteiger charge is 2.28. The Kier molecular flexibility index (Phi) is 8.57. The van der Waals surface area contributed by atoms with Crippen molar-refractivity contribution in [3.8, 4) is 11.5 Å². The molecule has 0 saturated carbocycles. The van der Waals surface area contributed by atoms with Crippen molar-refractivity contribution in [1.29, 1.82) is 0 Å². The van der Waals surface area contributed by atoms with E-state index in [1.54, 1.807) is 18.0 Å². The van der Waals surface area contributed by atoms with E-state index in [0.717, 1.165) is 50.6 Å². The molecule has 1 atom stereocenters. The lowest BCUT2D eigenvalue weighted by atomic mass is 9.83. The molecule has 0 aromatic heterocycles. The van der Waals surface area contributed by atoms with E-state index < -0.39 is 0 Å². The number of amides is 1. The van der Waals surface area contributed by atoms with E-state index in [4.69, 9.17) is 0 Å². The van der Waals surface area contributed by atoms with Crippen LogP contribution in [0.1, 0.15) is 79.8 Å². The Morgan fingerprint density at radius 1 is 1.17 bits per heavy atom. The van der Waals surface area contributed by atoms with Gasteiger partial charge in [-0.15, -0.1) is 0 Å². The van der Waals surface area contributed by atoms with E-state index in [1.165, 1.54) is 5.57 Å². The van der Waals surface area contributed by atoms with Gasteiger partial charge < -0.3 is 20.0 Å². The fourth-order valence-electron chi connectivity index (χ4n) is 4.07. The molecule has 0 aliphatic heterocycles. The average molecular weight is 403 g/mol. The van der Waals surface area contributed by atoms with Crippen molar-refractivity contribution >= 4 is 5.91 Å². The number of nitrogens with zero attached hydrogens (tertiary/aromatic N) is 2. The monoisotopic (exact) mass is 402 g/mol. The fraction of sp³-hybridized carbons (Fsp3) is 0.625. The van der Waals surface area contributed by atoms with Gasteiger partial charge in [0, 0.05) is 31.6 Å². The van der Waals surface area contributed by atoms with E-state index in [2.05, 4.69) is 19.9 Å². The number of aromatic hydroxyl groups is 2. The van der Waals surface area contributed by atoms with E-state index in [1.807, 2.05) is 19.0 Å². The Hall–Kier alpha value is -2.01. The summed E-state index contributed by atoms with van der Waals surface area (Å²) < 4.78 is 0. The average Bonchev–Trinajstić information content (AvgIpc) is 2.65. The maximum Gasteiger partial charge on any atom is 0.257 e. The first kappa shape index (κ1) is 23.3. The number of hydrogen-bond acceptors (Lipinski definition) is 4. The molecule has 162 valence electrons. The molecule has 0 heterocycles. The van der Waals surface area contributed by atoms with Crippen molar-refractivity contribution in [2.24, 2.45) is 0 Å². The summed E-state index contributed by atoms with van der Waals surface area (Å²) in [6, 6.07) is 1.72. The molecule has 1 amide bonds. The van der Waals surface area contributed by atoms with Gasteiger partial charge in [-0.3, -0.25) is 4.79 Å². The molecule has 1 aliphatic carbocycles. The molecule has 0 spiro atoms. The van der Waals surface area contributed by atoms with Gasteiger partial charge >= 0.3 is 0 Å². The zero-order chi connectivity index (χ0) is 21.6. The number of unbranched alkanes of at least 4 members (excludes halogenated alkanes) is 2. The maximum absolute atomic E-state index is 13.3. The first-order chi connectivity index (χ1) is 13.8. The van der Waals surface area contributed by atoms with Gasteiger partial charge in [-0.25, -0.2) is 0 Å². The maximum atomic E-state index is 13.3. The summed E-state index contributed by atoms with van der Waals surface area (Å²) in [6.45, 7) is 5.55. The van der Waals surface area contributed by atoms with Crippen molar-refractivity contribution in [2.45, 2.75) is 64.7 Å². The van der Waals surface area contributed by atoms with Crippen LogP contribution in [-0.4, -0.2) is 60.2 Å². The minimum atomic E-state index is -0.173. The lowest BCUT2D eigenvalue weighted by Gasteiger charge is -2.26. The number of benzene rings is 1. The van der Waals surface area contributed by atoms with Gasteiger partial charge in [0.1, 0.15) is 11.5 Å². The number of phenols is 2. The Balaban J connectivity index is 2.47. The minimum Gasteiger partial charge on any atom is -0.507 e. The largest absolute Gasteiger partial charge is 0.507 e. The van der Waals surface area contributed by atoms with Crippen LogP contribution in [0.15, 0.2) is 17.7 Å². The molecule has 2 N–H and O–H groups in total. The van der Waals surface area contributed by atoms with E-state index >= 15 is 0 Å². The normalized spacial score (nSPS) is 16.8. The highest BCUT2D eigenvalue weighted by atomic mass is 16.3. The van der Waals surface area contributed by atoms with Crippen LogP contribution >= 0.6 is 0 Å². The zero-order valence-corrected chi connectivity index (χ0v) is 18.8. The van der Waals surface area contributed by atoms with Crippen LogP contribution in [-0.2, 0) is 6.42 Å². The molecule has 1 aliphatic rings. The number of hydrogen-bond donors (Lipinski definition) is 2. The van der Waals surface area contributed by atoms with Crippen molar-refractivity contribution in [1.82, 2.24) is 9.80 Å². The van der Waals surface area contributed by atoms with Crippen LogP contribution in [0.2, 0.25) is 0 Å². The van der Waals surface area contributed by atoms with Crippen LogP contribution in [0.25, 0.3) is 0 Å². The van der Waals surface area contributed by atoms with Gasteiger partial charge in [-0.2, -0.15) is 0 Å². The van der Waals surface area contributed by atoms with Crippen LogP contribution in [0.4, 0.5) is 0 Å². The summed E-state index contributed by atoms with van der Waals surface area (Å²) in [4.78, 5) is 17.0. The third-order valence-corrected chi connectivity index (χ3v) is 5.84. The highest BCUT2D eigenvalue weighted by Crippen LogP contribution is 2.44. The molecular formula is C24H38N2O3. The molecular weight excluding hydrogens is 364 g/mol. The molecule has 0 fully saturated rings. The Labute approximate surface area is 176 Å². The summed E-state index contributed by atoms with van der Waals surface area (Å²) in [6.07, 6.45) is 8.81. The highest BCUT2D eigenvalue weighted by molar-refractivity contribution is 5.99. The predicted molar refractivity (Wildman–Crippen MR) is 119 cm³/mol. The molecule has 1 unspecified atom stereocenters. The van der Waals surface area contributed by atoms with Crippen molar-refractivity contribution in [2.75, 3.05) is 34.2 Å². The third-order valence-electron chi connectivity index (χ3n) is 5.84. The predicted octanol–water partition coefficient (Wildman–Crippen LogP) is 4.68. The third kappa shape index (κ3) is 5.99. The first-order valence-electron chi connectivity index (χ1n) is 10.9. The number of phenolic OH excluding ortho intramolecular Hbond substituents is 2. The van der Waals surface area contributed by atoms with Crippen molar-refractivity contribution < 1.29 is 15.0 Å². The van der Waals surface area contributed by atoms with Gasteiger partial charge in [-0.1, -0.05) is 31.4 Å². The van der Waals surface area contributed by atoms with Crippen LogP contribution in [0.3, 0.4) is 0 Å². The topological polar surface area (TPSA) is 64.0 Å². The summed E-state index contributed by atoms with van der Waals surface area (Å²) in [5.41, 5.74) is 2.89. The Morgan fingerprint density at radius 2 is 1.90 bits per heavy atom. The van der Waals surface area contributed by atoms with E-state index in [-0.39, 0.29) is 23.3 Å². The van der Waals surface area contributed by atoms with Gasteiger partial charge in [0.25, 0.3) is 5.91 Å². The van der Waals surface area contributed by atoms with E-state index in [0.29, 0.717) is 24.1 Å². The second-order valence-electron chi connectivity index (χ2n) is 8.69. The van der Waals surface area contributed by atoms with Crippen LogP contribution in [0.5, 0.6) is 11.5 Å². The van der Waals surface area contributed by atoms with Crippen LogP contribution in [0, 0.1) is 0 Å². The summed E-state index contributed by atoms with van der Waals surface area (Å²) in [5.74, 6) is -0.146. The number of likely N-dealkylation sites (N-methyl/N-ethyl adjacent to an activating group) is 2. The molecule has 0 bridgehead atoms. The minimum absolute atomic E-state index is 0.0332. The molecule has 0 radical (unpaired) electrons. The second-order valence-corrected chi connectivity index (χ2v) is 8.69. The first-order valence-corrected chi connectivity index (χ1v) is 10.9. The Bertz CT molecular complexity index is 740. The smallest absolute Gasteiger partial charge is 0.257 e. The summed E-state index contributed by atoms with van der Waals surface area (Å²) >= 11 is 0. The van der Waals surface area contributed by atoms with Crippen molar-refractivity contribution in [3.05, 3.63) is 34.4 Å². The van der Waals surface area contributed by atoms with Crippen LogP contribution < -0.4 is 0 Å². The molecule has 0 saturated heterocycles. The Morgan fingerprint density at radius 3 is 2.52 bits per heavy atom. The lowest BCUT2D eigenvalue weighted by Crippen LogP contribution is -2.34. The zero-order valence-electron chi connectivity index (χ0n) is 18.8. The lowest BCUT2D eigenvalue weighted by molar-refractivity contribution is 0.0782. The van der Waals surface area contributed by atoms with Crippen molar-refractivity contribution in [3.63, 3.8) is 0 Å². The van der Waals surface area contributed by atoms with Gasteiger partial charge in [0.2, 0.25) is 0 Å². The number of carbonyl (C=O) groups excluding carboxylic acids is 1. The fourth-order valence-corrected chi connectivity index (χ4v) is 4.07. The second kappa shape index (κ2) is 10.7.